The summed E-state index contributed by atoms with van der Waals surface area (Å²) in [5.74, 6) is -0.984. The Morgan fingerprint density at radius 3 is 2.03 bits per heavy atom. The molecule has 162 valence electrons. The second kappa shape index (κ2) is 9.56. The van der Waals surface area contributed by atoms with E-state index >= 15 is 0 Å². The normalized spacial score (nSPS) is 17.8. The molecular weight excluding hydrogens is 409 g/mol. The number of carbonyl (C=O) groups excluding carboxylic acids is 3. The minimum absolute atomic E-state index is 0.0207. The molecule has 6 heteroatoms. The maximum atomic E-state index is 13.0. The van der Waals surface area contributed by atoms with Crippen LogP contribution in [0.1, 0.15) is 52.9 Å². The van der Waals surface area contributed by atoms with Crippen LogP contribution in [-0.4, -0.2) is 22.7 Å². The first kappa shape index (κ1) is 21.4. The van der Waals surface area contributed by atoms with E-state index in [9.17, 15) is 18.8 Å². The zero-order valence-corrected chi connectivity index (χ0v) is 17.3. The van der Waals surface area contributed by atoms with Gasteiger partial charge in [-0.1, -0.05) is 60.7 Å². The summed E-state index contributed by atoms with van der Waals surface area (Å²) in [5.41, 5.74) is 1.99. The highest BCUT2D eigenvalue weighted by Gasteiger charge is 2.46. The van der Waals surface area contributed by atoms with Gasteiger partial charge in [0, 0.05) is 18.4 Å². The predicted octanol–water partition coefficient (Wildman–Crippen LogP) is 5.64. The van der Waals surface area contributed by atoms with E-state index in [1.54, 1.807) is 0 Å². The predicted molar refractivity (Wildman–Crippen MR) is 116 cm³/mol. The summed E-state index contributed by atoms with van der Waals surface area (Å²) in [5, 5.41) is 0. The Balaban J connectivity index is 1.49. The molecule has 0 N–H and O–H groups in total. The third-order valence-corrected chi connectivity index (χ3v) is 5.49. The van der Waals surface area contributed by atoms with Gasteiger partial charge in [-0.15, -0.1) is 0 Å². The summed E-state index contributed by atoms with van der Waals surface area (Å²) in [4.78, 5) is 39.2. The minimum atomic E-state index is -0.692. The first-order valence-corrected chi connectivity index (χ1v) is 10.5. The highest BCUT2D eigenvalue weighted by Crippen LogP contribution is 2.43. The molecule has 5 nitrogen and oxygen atoms in total. The summed E-state index contributed by atoms with van der Waals surface area (Å²) in [6.07, 6.45) is -0.889. The molecule has 1 aliphatic rings. The second-order valence-electron chi connectivity index (χ2n) is 7.62. The van der Waals surface area contributed by atoms with E-state index in [0.717, 1.165) is 16.0 Å². The Morgan fingerprint density at radius 1 is 0.812 bits per heavy atom. The summed E-state index contributed by atoms with van der Waals surface area (Å²) >= 11 is 0. The summed E-state index contributed by atoms with van der Waals surface area (Å²) in [6.45, 7) is 0. The van der Waals surface area contributed by atoms with Crippen LogP contribution in [0.25, 0.3) is 0 Å². The van der Waals surface area contributed by atoms with Gasteiger partial charge in [-0.25, -0.2) is 14.1 Å². The quantitative estimate of drug-likeness (QED) is 0.454. The van der Waals surface area contributed by atoms with Crippen LogP contribution in [0.5, 0.6) is 0 Å². The highest BCUT2D eigenvalue weighted by atomic mass is 19.1. The molecular formula is C26H22FNO4. The van der Waals surface area contributed by atoms with Gasteiger partial charge < -0.3 is 4.74 Å². The van der Waals surface area contributed by atoms with E-state index in [-0.39, 0.29) is 25.0 Å². The molecule has 1 fully saturated rings. The lowest BCUT2D eigenvalue weighted by molar-refractivity contribution is -0.129. The SMILES string of the molecule is O=C(CCCC(=O)N1C(=O)OC(c2ccccc2)[C@@H]1c1ccccc1)c1ccc(F)cc1. The van der Waals surface area contributed by atoms with Gasteiger partial charge in [-0.05, 0) is 41.8 Å². The number of rotatable bonds is 7. The van der Waals surface area contributed by atoms with Crippen molar-refractivity contribution in [1.82, 2.24) is 4.90 Å². The highest BCUT2D eigenvalue weighted by molar-refractivity contribution is 5.97. The molecule has 3 aromatic carbocycles. The van der Waals surface area contributed by atoms with Crippen LogP contribution in [0.15, 0.2) is 84.9 Å². The molecule has 0 aliphatic carbocycles. The van der Waals surface area contributed by atoms with Crippen molar-refractivity contribution in [1.29, 1.82) is 0 Å². The first-order chi connectivity index (χ1) is 15.5. The first-order valence-electron chi connectivity index (χ1n) is 10.5. The van der Waals surface area contributed by atoms with E-state index in [1.165, 1.54) is 24.3 Å². The Bertz CT molecular complexity index is 1100. The van der Waals surface area contributed by atoms with Crippen LogP contribution in [0.4, 0.5) is 9.18 Å². The summed E-state index contributed by atoms with van der Waals surface area (Å²) in [7, 11) is 0. The second-order valence-corrected chi connectivity index (χ2v) is 7.62. The Morgan fingerprint density at radius 2 is 1.41 bits per heavy atom. The van der Waals surface area contributed by atoms with Gasteiger partial charge in [0.1, 0.15) is 11.9 Å². The van der Waals surface area contributed by atoms with Gasteiger partial charge in [0.05, 0.1) is 0 Å². The molecule has 2 amide bonds. The largest absolute Gasteiger partial charge is 0.438 e. The van der Waals surface area contributed by atoms with Crippen LogP contribution < -0.4 is 0 Å². The molecule has 4 rings (SSSR count). The van der Waals surface area contributed by atoms with E-state index in [0.29, 0.717) is 5.56 Å². The molecule has 2 atom stereocenters. The van der Waals surface area contributed by atoms with E-state index in [1.807, 2.05) is 60.7 Å². The Labute approximate surface area is 185 Å². The molecule has 1 heterocycles. The molecule has 0 aromatic heterocycles. The fourth-order valence-corrected chi connectivity index (χ4v) is 3.90. The number of nitrogens with zero attached hydrogens (tertiary/aromatic N) is 1. The molecule has 0 spiro atoms. The van der Waals surface area contributed by atoms with Crippen molar-refractivity contribution in [3.05, 3.63) is 107 Å². The van der Waals surface area contributed by atoms with Crippen molar-refractivity contribution >= 4 is 17.8 Å². The van der Waals surface area contributed by atoms with E-state index < -0.39 is 30.0 Å². The van der Waals surface area contributed by atoms with Crippen molar-refractivity contribution < 1.29 is 23.5 Å². The number of halogens is 1. The van der Waals surface area contributed by atoms with Crippen molar-refractivity contribution in [3.63, 3.8) is 0 Å². The third-order valence-electron chi connectivity index (χ3n) is 5.49. The molecule has 0 radical (unpaired) electrons. The molecule has 3 aromatic rings. The average molecular weight is 431 g/mol. The van der Waals surface area contributed by atoms with Crippen LogP contribution in [-0.2, 0) is 9.53 Å². The number of cyclic esters (lactones) is 1. The molecule has 1 unspecified atom stereocenters. The number of ketones is 1. The van der Waals surface area contributed by atoms with Crippen LogP contribution in [0, 0.1) is 5.82 Å². The van der Waals surface area contributed by atoms with Gasteiger partial charge in [-0.3, -0.25) is 9.59 Å². The Hall–Kier alpha value is -3.80. The molecule has 1 saturated heterocycles. The van der Waals surface area contributed by atoms with Crippen molar-refractivity contribution in [2.45, 2.75) is 31.4 Å². The lowest BCUT2D eigenvalue weighted by Crippen LogP contribution is -2.34. The zero-order chi connectivity index (χ0) is 22.5. The van der Waals surface area contributed by atoms with Crippen molar-refractivity contribution in [3.8, 4) is 0 Å². The number of imide groups is 1. The smallest absolute Gasteiger partial charge is 0.417 e. The number of hydrogen-bond donors (Lipinski definition) is 0. The van der Waals surface area contributed by atoms with Crippen LogP contribution in [0.2, 0.25) is 0 Å². The fourth-order valence-electron chi connectivity index (χ4n) is 3.90. The zero-order valence-electron chi connectivity index (χ0n) is 17.3. The number of ether oxygens (including phenoxy) is 1. The standard InChI is InChI=1S/C26H22FNO4/c27-21-16-14-18(15-17-21)22(29)12-7-13-23(30)28-24(19-8-3-1-4-9-19)25(32-26(28)31)20-10-5-2-6-11-20/h1-6,8-11,14-17,24-25H,7,12-13H2/t24-,25?/m0/s1. The fraction of sp³-hybridized carbons (Fsp3) is 0.192. The van der Waals surface area contributed by atoms with Crippen LogP contribution >= 0.6 is 0 Å². The lowest BCUT2D eigenvalue weighted by Gasteiger charge is -2.24. The maximum Gasteiger partial charge on any atom is 0.417 e. The Kier molecular flexibility index (Phi) is 6.40. The number of carbonyl (C=O) groups is 3. The lowest BCUT2D eigenvalue weighted by atomic mass is 9.95. The number of hydrogen-bond acceptors (Lipinski definition) is 4. The molecule has 32 heavy (non-hydrogen) atoms. The van der Waals surface area contributed by atoms with E-state index in [4.69, 9.17) is 4.74 Å². The van der Waals surface area contributed by atoms with Gasteiger partial charge in [0.25, 0.3) is 0 Å². The summed E-state index contributed by atoms with van der Waals surface area (Å²) in [6, 6.07) is 23.3. The molecule has 0 saturated carbocycles. The average Bonchev–Trinajstić information content (AvgIpc) is 3.17. The number of Topliss-reactive ketones (excluding diaryl/α,β-unsaturated/α-hetero) is 1. The topological polar surface area (TPSA) is 63.7 Å². The van der Waals surface area contributed by atoms with Gasteiger partial charge in [0.2, 0.25) is 5.91 Å². The van der Waals surface area contributed by atoms with Gasteiger partial charge >= 0.3 is 6.09 Å². The number of benzene rings is 3. The van der Waals surface area contributed by atoms with Crippen molar-refractivity contribution in [2.75, 3.05) is 0 Å². The minimum Gasteiger partial charge on any atom is -0.438 e. The number of amides is 2. The van der Waals surface area contributed by atoms with Crippen molar-refractivity contribution in [2.24, 2.45) is 0 Å². The molecule has 1 aliphatic heterocycles. The summed E-state index contributed by atoms with van der Waals surface area (Å²) < 4.78 is 18.7. The molecule has 0 bridgehead atoms. The van der Waals surface area contributed by atoms with Gasteiger partial charge in [-0.2, -0.15) is 0 Å². The van der Waals surface area contributed by atoms with Crippen LogP contribution in [0.3, 0.4) is 0 Å². The monoisotopic (exact) mass is 431 g/mol. The van der Waals surface area contributed by atoms with E-state index in [2.05, 4.69) is 0 Å². The maximum absolute atomic E-state index is 13.0. The van der Waals surface area contributed by atoms with Gasteiger partial charge in [0.15, 0.2) is 11.9 Å². The third kappa shape index (κ3) is 4.59.